The summed E-state index contributed by atoms with van der Waals surface area (Å²) >= 11 is 0. The largest absolute Gasteiger partial charge is 0.480 e. The quantitative estimate of drug-likeness (QED) is 0.0623. The smallest absolute Gasteiger partial charge is 0.328 e. The minimum Gasteiger partial charge on any atom is -0.480 e. The molecular formula is C39H51N9O9S. The second-order valence-corrected chi connectivity index (χ2v) is 17.8. The predicted molar refractivity (Wildman–Crippen MR) is 212 cm³/mol. The van der Waals surface area contributed by atoms with Crippen LogP contribution in [0, 0.1) is 28.6 Å². The van der Waals surface area contributed by atoms with Crippen LogP contribution >= 0.6 is 0 Å². The molecule has 4 saturated carbocycles. The zero-order chi connectivity index (χ0) is 41.6. The Labute approximate surface area is 336 Å². The minimum atomic E-state index is -4.02. The molecule has 5 amide bonds. The fourth-order valence-electron chi connectivity index (χ4n) is 9.34. The topological polar surface area (TPSA) is 282 Å². The van der Waals surface area contributed by atoms with Crippen LogP contribution < -0.4 is 37.6 Å². The number of sulfonamides is 1. The molecule has 4 aliphatic carbocycles. The first-order valence-corrected chi connectivity index (χ1v) is 21.0. The lowest BCUT2D eigenvalue weighted by Gasteiger charge is -2.55. The van der Waals surface area contributed by atoms with Crippen molar-refractivity contribution >= 4 is 62.9 Å². The molecule has 58 heavy (non-hydrogen) atoms. The maximum absolute atomic E-state index is 13.2. The molecule has 4 bridgehead atoms. The number of carbonyl (C=O) groups excluding carboxylic acids is 5. The second kappa shape index (κ2) is 17.9. The maximum atomic E-state index is 13.2. The molecule has 18 nitrogen and oxygen atoms in total. The van der Waals surface area contributed by atoms with Gasteiger partial charge in [-0.25, -0.2) is 13.2 Å². The number of anilines is 2. The zero-order valence-corrected chi connectivity index (χ0v) is 32.9. The highest BCUT2D eigenvalue weighted by Crippen LogP contribution is 2.60. The monoisotopic (exact) mass is 821 g/mol. The lowest BCUT2D eigenvalue weighted by atomic mass is 9.49. The summed E-state index contributed by atoms with van der Waals surface area (Å²) in [6, 6.07) is 9.01. The van der Waals surface area contributed by atoms with Gasteiger partial charge in [0.05, 0.1) is 11.4 Å². The molecule has 312 valence electrons. The van der Waals surface area contributed by atoms with Crippen molar-refractivity contribution in [1.82, 2.24) is 25.6 Å². The fraction of sp³-hybridized carbons (Fsp3) is 0.513. The van der Waals surface area contributed by atoms with E-state index in [-0.39, 0.29) is 58.4 Å². The molecule has 1 aliphatic heterocycles. The Morgan fingerprint density at radius 2 is 1.52 bits per heavy atom. The number of hydrogen-bond acceptors (Lipinski definition) is 9. The van der Waals surface area contributed by atoms with Crippen molar-refractivity contribution in [2.24, 2.45) is 28.9 Å². The van der Waals surface area contributed by atoms with Crippen molar-refractivity contribution in [3.8, 4) is 0 Å². The molecule has 1 saturated heterocycles. The highest BCUT2D eigenvalue weighted by Gasteiger charge is 2.54. The van der Waals surface area contributed by atoms with Crippen molar-refractivity contribution in [2.45, 2.75) is 81.2 Å². The van der Waals surface area contributed by atoms with E-state index in [0.717, 1.165) is 23.6 Å². The van der Waals surface area contributed by atoms with Gasteiger partial charge >= 0.3 is 5.97 Å². The van der Waals surface area contributed by atoms with Crippen molar-refractivity contribution in [2.75, 3.05) is 36.8 Å². The third-order valence-electron chi connectivity index (χ3n) is 11.5. The molecule has 2 aromatic rings. The number of hydrogen-bond donors (Lipinski definition) is 9. The highest BCUT2D eigenvalue weighted by atomic mass is 32.2. The van der Waals surface area contributed by atoms with Crippen molar-refractivity contribution in [3.63, 3.8) is 0 Å². The van der Waals surface area contributed by atoms with Gasteiger partial charge in [-0.1, -0.05) is 18.2 Å². The van der Waals surface area contributed by atoms with Crippen molar-refractivity contribution in [1.29, 1.82) is 5.41 Å². The Hall–Kier alpha value is -5.56. The molecule has 5 aliphatic rings. The Kier molecular flexibility index (Phi) is 13.0. The van der Waals surface area contributed by atoms with Gasteiger partial charge in [0.1, 0.15) is 12.1 Å². The van der Waals surface area contributed by atoms with E-state index in [2.05, 4.69) is 31.9 Å². The van der Waals surface area contributed by atoms with Crippen molar-refractivity contribution < 1.29 is 42.3 Å². The van der Waals surface area contributed by atoms with E-state index in [4.69, 9.17) is 11.1 Å². The third kappa shape index (κ3) is 10.1. The summed E-state index contributed by atoms with van der Waals surface area (Å²) in [4.78, 5) is 77.0. The molecule has 2 atom stereocenters. The summed E-state index contributed by atoms with van der Waals surface area (Å²) in [6.45, 7) is -0.722. The average Bonchev–Trinajstić information content (AvgIpc) is 3.68. The summed E-state index contributed by atoms with van der Waals surface area (Å²) in [5.74, 6) is -2.60. The molecule has 5 fully saturated rings. The van der Waals surface area contributed by atoms with Gasteiger partial charge < -0.3 is 42.7 Å². The number of carboxylic acids is 1. The molecular weight excluding hydrogens is 771 g/mol. The fourth-order valence-corrected chi connectivity index (χ4v) is 11.0. The summed E-state index contributed by atoms with van der Waals surface area (Å²) in [5, 5.41) is 32.8. The molecule has 0 radical (unpaired) electrons. The Morgan fingerprint density at radius 1 is 0.879 bits per heavy atom. The van der Waals surface area contributed by atoms with Gasteiger partial charge in [0, 0.05) is 48.4 Å². The number of benzene rings is 2. The van der Waals surface area contributed by atoms with E-state index in [1.165, 1.54) is 49.6 Å². The number of guanidine groups is 1. The first-order valence-electron chi connectivity index (χ1n) is 19.6. The molecule has 7 rings (SSSR count). The minimum absolute atomic E-state index is 0.000523. The number of carbonyl (C=O) groups is 6. The highest BCUT2D eigenvalue weighted by molar-refractivity contribution is 7.89. The first-order chi connectivity index (χ1) is 27.6. The molecule has 0 unspecified atom stereocenters. The number of rotatable bonds is 17. The number of amides is 5. The number of nitrogens with zero attached hydrogens (tertiary/aromatic N) is 1. The molecule has 0 spiro atoms. The molecule has 2 aromatic carbocycles. The molecule has 19 heteroatoms. The van der Waals surface area contributed by atoms with E-state index in [1.54, 1.807) is 18.2 Å². The molecule has 10 N–H and O–H groups in total. The standard InChI is InChI=1S/C39H51N9O9S/c40-38(41)46-28-16-26(15-27(17-28)45-32(49)9-4-10-42-37(55)39-18-23-12-24(19-39)14-25(13-23)20-39)34(51)44-22-33(50)43-21-30(36(53)54)47-35(52)31-8-5-11-48(31)58(56,57)29-6-2-1-3-7-29/h1-3,6-7,15-17,23-25,30-31H,4-5,8-14,18-22H2,(H,42,55)(H,43,50)(H,44,51)(H,45,49)(H,47,52)(H,53,54)(H4,40,41,46)/t23?,24?,25?,30-,31+,39?/m1/s1. The number of carboxylic acid groups (broad SMARTS) is 1. The van der Waals surface area contributed by atoms with Gasteiger partial charge in [0.15, 0.2) is 5.96 Å². The van der Waals surface area contributed by atoms with E-state index >= 15 is 0 Å². The maximum Gasteiger partial charge on any atom is 0.328 e. The normalized spacial score (nSPS) is 23.9. The summed E-state index contributed by atoms with van der Waals surface area (Å²) < 4.78 is 27.4. The van der Waals surface area contributed by atoms with E-state index < -0.39 is 64.8 Å². The summed E-state index contributed by atoms with van der Waals surface area (Å²) in [6.07, 6.45) is 7.64. The van der Waals surface area contributed by atoms with Gasteiger partial charge in [-0.2, -0.15) is 4.31 Å². The van der Waals surface area contributed by atoms with E-state index in [0.29, 0.717) is 37.1 Å². The van der Waals surface area contributed by atoms with Gasteiger partial charge in [0.2, 0.25) is 33.7 Å². The van der Waals surface area contributed by atoms with Crippen LogP contribution in [0.2, 0.25) is 0 Å². The van der Waals surface area contributed by atoms with Gasteiger partial charge in [-0.05, 0) is 106 Å². The summed E-state index contributed by atoms with van der Waals surface area (Å²) in [7, 11) is -4.02. The Bertz CT molecular complexity index is 2010. The Morgan fingerprint density at radius 3 is 2.14 bits per heavy atom. The van der Waals surface area contributed by atoms with Crippen LogP contribution in [0.25, 0.3) is 0 Å². The van der Waals surface area contributed by atoms with Crippen LogP contribution in [-0.4, -0.2) is 97.6 Å². The van der Waals surface area contributed by atoms with Crippen LogP contribution in [0.15, 0.2) is 53.4 Å². The number of aliphatic carboxylic acids is 1. The lowest BCUT2D eigenvalue weighted by Crippen LogP contribution is -2.54. The van der Waals surface area contributed by atoms with Crippen LogP contribution in [0.3, 0.4) is 0 Å². The predicted octanol–water partition coefficient (Wildman–Crippen LogP) is 1.31. The van der Waals surface area contributed by atoms with Crippen LogP contribution in [0.1, 0.15) is 74.6 Å². The SMILES string of the molecule is N=C(N)Nc1cc(NC(=O)CCCNC(=O)C23CC4CC(CC(C4)C2)C3)cc(C(=O)NCC(=O)NC[C@@H](NC(=O)[C@@H]2CCCN2S(=O)(=O)c2ccccc2)C(=O)O)c1. The van der Waals surface area contributed by atoms with Gasteiger partial charge in [-0.15, -0.1) is 0 Å². The van der Waals surface area contributed by atoms with Crippen LogP contribution in [0.4, 0.5) is 11.4 Å². The molecule has 1 heterocycles. The van der Waals surface area contributed by atoms with Gasteiger partial charge in [0.25, 0.3) is 5.91 Å². The average molecular weight is 822 g/mol. The van der Waals surface area contributed by atoms with Crippen LogP contribution in [-0.2, 0) is 34.0 Å². The lowest BCUT2D eigenvalue weighted by molar-refractivity contribution is -0.146. The number of nitrogens with two attached hydrogens (primary N) is 1. The molecule has 0 aromatic heterocycles. The third-order valence-corrected chi connectivity index (χ3v) is 13.5. The summed E-state index contributed by atoms with van der Waals surface area (Å²) in [5.41, 5.74) is 5.64. The first kappa shape index (κ1) is 42.1. The zero-order valence-electron chi connectivity index (χ0n) is 32.1. The van der Waals surface area contributed by atoms with Crippen molar-refractivity contribution in [3.05, 3.63) is 54.1 Å². The van der Waals surface area contributed by atoms with Crippen LogP contribution in [0.5, 0.6) is 0 Å². The number of nitrogens with one attached hydrogen (secondary N) is 7. The van der Waals surface area contributed by atoms with E-state index in [9.17, 15) is 42.3 Å². The van der Waals surface area contributed by atoms with E-state index in [1.807, 2.05) is 0 Å². The Balaban J connectivity index is 0.967. The van der Waals surface area contributed by atoms with Gasteiger partial charge in [-0.3, -0.25) is 29.4 Å². The second-order valence-electron chi connectivity index (χ2n) is 15.9.